The summed E-state index contributed by atoms with van der Waals surface area (Å²) >= 11 is 0. The molecule has 3 aliphatic carbocycles. The lowest BCUT2D eigenvalue weighted by Crippen LogP contribution is -2.49. The highest BCUT2D eigenvalue weighted by atomic mass is 16.3. The van der Waals surface area contributed by atoms with Crippen molar-refractivity contribution in [2.24, 2.45) is 17.3 Å². The number of rotatable bonds is 1. The largest absolute Gasteiger partial charge is 0.389 e. The monoisotopic (exact) mass is 166 g/mol. The van der Waals surface area contributed by atoms with Crippen molar-refractivity contribution < 1.29 is 5.11 Å². The second-order valence-electron chi connectivity index (χ2n) is 4.92. The fourth-order valence-corrected chi connectivity index (χ4v) is 2.86. The van der Waals surface area contributed by atoms with Crippen LogP contribution < -0.4 is 0 Å². The molecule has 0 radical (unpaired) electrons. The van der Waals surface area contributed by atoms with Crippen LogP contribution in [0.3, 0.4) is 0 Å². The van der Waals surface area contributed by atoms with Gasteiger partial charge in [0.05, 0.1) is 6.10 Å². The van der Waals surface area contributed by atoms with Crippen LogP contribution in [0.2, 0.25) is 0 Å². The summed E-state index contributed by atoms with van der Waals surface area (Å²) in [6, 6.07) is 0. The minimum atomic E-state index is -0.226. The van der Waals surface area contributed by atoms with Crippen LogP contribution in [-0.4, -0.2) is 11.2 Å². The minimum absolute atomic E-state index is 0.226. The summed E-state index contributed by atoms with van der Waals surface area (Å²) in [6.45, 7) is 6.56. The summed E-state index contributed by atoms with van der Waals surface area (Å²) in [4.78, 5) is 0. The van der Waals surface area contributed by atoms with Gasteiger partial charge in [0.15, 0.2) is 0 Å². The molecule has 1 saturated carbocycles. The van der Waals surface area contributed by atoms with Gasteiger partial charge in [-0.15, -0.1) is 0 Å². The zero-order valence-electron chi connectivity index (χ0n) is 8.17. The molecule has 3 unspecified atom stereocenters. The second kappa shape index (κ2) is 2.35. The van der Waals surface area contributed by atoms with E-state index in [0.29, 0.717) is 11.3 Å². The first kappa shape index (κ1) is 8.31. The first-order valence-electron chi connectivity index (χ1n) is 4.91. The lowest BCUT2D eigenvalue weighted by molar-refractivity contribution is -0.0198. The molecule has 1 N–H and O–H groups in total. The Morgan fingerprint density at radius 2 is 2.25 bits per heavy atom. The molecule has 3 atom stereocenters. The maximum Gasteiger partial charge on any atom is 0.0724 e. The molecule has 0 aromatic heterocycles. The number of fused-ring (bicyclic) bond motifs is 1. The average Bonchev–Trinajstić information content (AvgIpc) is 2.04. The van der Waals surface area contributed by atoms with Crippen LogP contribution in [0, 0.1) is 17.3 Å². The molecule has 3 aliphatic rings. The van der Waals surface area contributed by atoms with Gasteiger partial charge >= 0.3 is 0 Å². The van der Waals surface area contributed by atoms with Gasteiger partial charge in [0.2, 0.25) is 0 Å². The summed E-state index contributed by atoms with van der Waals surface area (Å²) in [6.07, 6.45) is 4.53. The lowest BCUT2D eigenvalue weighted by Gasteiger charge is -2.57. The lowest BCUT2D eigenvalue weighted by atomic mass is 9.48. The van der Waals surface area contributed by atoms with Crippen molar-refractivity contribution in [3.8, 4) is 0 Å². The fraction of sp³-hybridized carbons (Fsp3) is 0.818. The average molecular weight is 166 g/mol. The quantitative estimate of drug-likeness (QED) is 0.593. The molecular formula is C11H18O. The van der Waals surface area contributed by atoms with Gasteiger partial charge in [-0.2, -0.15) is 0 Å². The van der Waals surface area contributed by atoms with Crippen molar-refractivity contribution in [1.82, 2.24) is 0 Å². The van der Waals surface area contributed by atoms with E-state index in [0.717, 1.165) is 5.92 Å². The number of hydrogen-bond acceptors (Lipinski definition) is 1. The van der Waals surface area contributed by atoms with Gasteiger partial charge in [-0.3, -0.25) is 0 Å². The Bertz CT molecular complexity index is 225. The Balaban J connectivity index is 2.24. The molecule has 0 aromatic carbocycles. The van der Waals surface area contributed by atoms with Crippen LogP contribution in [0.4, 0.5) is 0 Å². The molecule has 1 heteroatoms. The fourth-order valence-electron chi connectivity index (χ4n) is 2.86. The van der Waals surface area contributed by atoms with Crippen molar-refractivity contribution in [2.45, 2.75) is 39.7 Å². The first-order valence-corrected chi connectivity index (χ1v) is 4.91. The molecule has 1 fully saturated rings. The summed E-state index contributed by atoms with van der Waals surface area (Å²) in [5, 5.41) is 9.54. The zero-order chi connectivity index (χ0) is 8.93. The maximum atomic E-state index is 9.54. The van der Waals surface area contributed by atoms with E-state index in [2.05, 4.69) is 19.9 Å². The molecule has 3 rings (SSSR count). The van der Waals surface area contributed by atoms with Crippen molar-refractivity contribution in [3.05, 3.63) is 11.6 Å². The van der Waals surface area contributed by atoms with Crippen molar-refractivity contribution in [1.29, 1.82) is 0 Å². The predicted molar refractivity (Wildman–Crippen MR) is 49.8 cm³/mol. The summed E-state index contributed by atoms with van der Waals surface area (Å²) < 4.78 is 0. The van der Waals surface area contributed by atoms with Crippen LogP contribution in [0.5, 0.6) is 0 Å². The van der Waals surface area contributed by atoms with E-state index < -0.39 is 0 Å². The maximum absolute atomic E-state index is 9.54. The van der Waals surface area contributed by atoms with Gasteiger partial charge in [-0.05, 0) is 42.6 Å². The van der Waals surface area contributed by atoms with Crippen LogP contribution in [0.1, 0.15) is 33.6 Å². The Morgan fingerprint density at radius 1 is 1.58 bits per heavy atom. The van der Waals surface area contributed by atoms with Gasteiger partial charge in [-0.25, -0.2) is 0 Å². The van der Waals surface area contributed by atoms with Crippen molar-refractivity contribution >= 4 is 0 Å². The summed E-state index contributed by atoms with van der Waals surface area (Å²) in [5.74, 6) is 1.54. The van der Waals surface area contributed by atoms with Gasteiger partial charge in [0.1, 0.15) is 0 Å². The summed E-state index contributed by atoms with van der Waals surface area (Å²) in [7, 11) is 0. The molecule has 2 bridgehead atoms. The standard InChI is InChI=1S/C11H18O/c1-7(12)9-5-4-8-6-10(9)11(8,2)3/h5,7-8,10,12H,4,6H2,1-3H3. The van der Waals surface area contributed by atoms with Gasteiger partial charge < -0.3 is 5.11 Å². The third kappa shape index (κ3) is 0.891. The molecule has 0 saturated heterocycles. The van der Waals surface area contributed by atoms with Gasteiger partial charge in [0.25, 0.3) is 0 Å². The molecule has 0 amide bonds. The van der Waals surface area contributed by atoms with Gasteiger partial charge in [-0.1, -0.05) is 19.9 Å². The van der Waals surface area contributed by atoms with E-state index >= 15 is 0 Å². The molecular weight excluding hydrogens is 148 g/mol. The minimum Gasteiger partial charge on any atom is -0.389 e. The molecule has 1 nitrogen and oxygen atoms in total. The van der Waals surface area contributed by atoms with E-state index in [1.807, 2.05) is 6.92 Å². The van der Waals surface area contributed by atoms with E-state index in [9.17, 15) is 5.11 Å². The molecule has 12 heavy (non-hydrogen) atoms. The third-order valence-corrected chi connectivity index (χ3v) is 3.99. The van der Waals surface area contributed by atoms with Crippen LogP contribution in [0.25, 0.3) is 0 Å². The number of aliphatic hydroxyl groups is 1. The molecule has 0 aromatic rings. The molecule has 0 aliphatic heterocycles. The topological polar surface area (TPSA) is 20.2 Å². The van der Waals surface area contributed by atoms with Crippen LogP contribution in [-0.2, 0) is 0 Å². The molecule has 68 valence electrons. The SMILES string of the molecule is CC(O)C1=CCC2CC1C2(C)C. The van der Waals surface area contributed by atoms with Gasteiger partial charge in [0, 0.05) is 0 Å². The zero-order valence-corrected chi connectivity index (χ0v) is 8.17. The normalized spacial score (nSPS) is 39.8. The van der Waals surface area contributed by atoms with Crippen LogP contribution >= 0.6 is 0 Å². The second-order valence-corrected chi connectivity index (χ2v) is 4.92. The molecule has 0 spiro atoms. The highest BCUT2D eigenvalue weighted by Crippen LogP contribution is 2.59. The molecule has 0 heterocycles. The highest BCUT2D eigenvalue weighted by molar-refractivity contribution is 5.25. The number of hydrogen-bond donors (Lipinski definition) is 1. The van der Waals surface area contributed by atoms with Crippen molar-refractivity contribution in [2.75, 3.05) is 0 Å². The van der Waals surface area contributed by atoms with E-state index in [1.165, 1.54) is 18.4 Å². The highest BCUT2D eigenvalue weighted by Gasteiger charge is 2.51. The first-order chi connectivity index (χ1) is 5.53. The Labute approximate surface area is 74.5 Å². The number of aliphatic hydroxyl groups excluding tert-OH is 1. The Kier molecular flexibility index (Phi) is 1.63. The third-order valence-electron chi connectivity index (χ3n) is 3.99. The smallest absolute Gasteiger partial charge is 0.0724 e. The summed E-state index contributed by atoms with van der Waals surface area (Å²) in [5.41, 5.74) is 1.75. The van der Waals surface area contributed by atoms with E-state index in [4.69, 9.17) is 0 Å². The predicted octanol–water partition coefficient (Wildman–Crippen LogP) is 2.36. The van der Waals surface area contributed by atoms with Crippen molar-refractivity contribution in [3.63, 3.8) is 0 Å². The Morgan fingerprint density at radius 3 is 2.58 bits per heavy atom. The van der Waals surface area contributed by atoms with E-state index in [-0.39, 0.29) is 6.10 Å². The van der Waals surface area contributed by atoms with E-state index in [1.54, 1.807) is 0 Å². The Hall–Kier alpha value is -0.300. The van der Waals surface area contributed by atoms with Crippen LogP contribution in [0.15, 0.2) is 11.6 Å². The number of allylic oxidation sites excluding steroid dienone is 1.